The zero-order chi connectivity index (χ0) is 20.2. The van der Waals surface area contributed by atoms with Gasteiger partial charge in [0.1, 0.15) is 5.69 Å². The van der Waals surface area contributed by atoms with Crippen molar-refractivity contribution in [3.8, 4) is 0 Å². The van der Waals surface area contributed by atoms with Crippen molar-refractivity contribution < 1.29 is 18.1 Å². The van der Waals surface area contributed by atoms with Crippen LogP contribution in [0.25, 0.3) is 0 Å². The van der Waals surface area contributed by atoms with Gasteiger partial charge in [0.25, 0.3) is 11.6 Å². The third-order valence-corrected chi connectivity index (χ3v) is 5.07. The van der Waals surface area contributed by atoms with Crippen molar-refractivity contribution in [3.63, 3.8) is 0 Å². The van der Waals surface area contributed by atoms with Gasteiger partial charge >= 0.3 is 0 Å². The number of nitrogens with zero attached hydrogens (tertiary/aromatic N) is 1. The molecule has 0 saturated carbocycles. The van der Waals surface area contributed by atoms with Gasteiger partial charge in [0, 0.05) is 31.0 Å². The van der Waals surface area contributed by atoms with Crippen LogP contribution in [-0.2, 0) is 9.84 Å². The molecule has 9 heteroatoms. The second-order valence-electron chi connectivity index (χ2n) is 6.21. The maximum absolute atomic E-state index is 12.2. The van der Waals surface area contributed by atoms with Crippen molar-refractivity contribution in [1.29, 1.82) is 0 Å². The van der Waals surface area contributed by atoms with E-state index in [0.29, 0.717) is 5.56 Å². The summed E-state index contributed by atoms with van der Waals surface area (Å²) in [7, 11) is -3.54. The predicted octanol–water partition coefficient (Wildman–Crippen LogP) is 2.46. The number of hydrogen-bond acceptors (Lipinski definition) is 6. The lowest BCUT2D eigenvalue weighted by Gasteiger charge is -2.11. The molecule has 0 radical (unpaired) electrons. The first-order valence-electron chi connectivity index (χ1n) is 8.17. The Balaban J connectivity index is 2.02. The molecule has 27 heavy (non-hydrogen) atoms. The van der Waals surface area contributed by atoms with Crippen LogP contribution in [0.1, 0.15) is 21.5 Å². The number of anilines is 1. The van der Waals surface area contributed by atoms with Crippen molar-refractivity contribution >= 4 is 27.1 Å². The van der Waals surface area contributed by atoms with Gasteiger partial charge in [-0.15, -0.1) is 0 Å². The highest BCUT2D eigenvalue weighted by molar-refractivity contribution is 7.90. The van der Waals surface area contributed by atoms with Crippen LogP contribution in [0.3, 0.4) is 0 Å². The number of sulfone groups is 1. The molecular weight excluding hydrogens is 370 g/mol. The lowest BCUT2D eigenvalue weighted by Crippen LogP contribution is -2.29. The van der Waals surface area contributed by atoms with E-state index >= 15 is 0 Å². The van der Waals surface area contributed by atoms with Gasteiger partial charge in [0.15, 0.2) is 9.84 Å². The van der Waals surface area contributed by atoms with E-state index in [1.165, 1.54) is 12.1 Å². The molecule has 2 rings (SSSR count). The Hall–Kier alpha value is -2.94. The van der Waals surface area contributed by atoms with E-state index in [0.717, 1.165) is 23.4 Å². The van der Waals surface area contributed by atoms with Crippen molar-refractivity contribution in [2.24, 2.45) is 0 Å². The van der Waals surface area contributed by atoms with E-state index in [9.17, 15) is 23.3 Å². The maximum Gasteiger partial charge on any atom is 0.293 e. The van der Waals surface area contributed by atoms with Crippen LogP contribution >= 0.6 is 0 Å². The van der Waals surface area contributed by atoms with Crippen LogP contribution in [0.15, 0.2) is 41.3 Å². The average molecular weight is 391 g/mol. The summed E-state index contributed by atoms with van der Waals surface area (Å²) < 4.78 is 23.1. The summed E-state index contributed by atoms with van der Waals surface area (Å²) in [6, 6.07) is 9.27. The molecule has 0 aliphatic heterocycles. The van der Waals surface area contributed by atoms with E-state index in [4.69, 9.17) is 0 Å². The molecule has 1 amide bonds. The van der Waals surface area contributed by atoms with E-state index in [1.54, 1.807) is 6.07 Å². The number of nitro groups is 1. The quantitative estimate of drug-likeness (QED) is 0.425. The first kappa shape index (κ1) is 20.4. The van der Waals surface area contributed by atoms with Gasteiger partial charge in [0.2, 0.25) is 0 Å². The van der Waals surface area contributed by atoms with Gasteiger partial charge in [-0.25, -0.2) is 8.42 Å². The third kappa shape index (κ3) is 5.27. The molecule has 144 valence electrons. The number of nitrogens with one attached hydrogen (secondary N) is 2. The second-order valence-corrected chi connectivity index (χ2v) is 8.23. The van der Waals surface area contributed by atoms with Crippen molar-refractivity contribution in [3.05, 3.63) is 63.2 Å². The zero-order valence-corrected chi connectivity index (χ0v) is 16.1. The van der Waals surface area contributed by atoms with E-state index in [2.05, 4.69) is 10.6 Å². The molecule has 0 aliphatic rings. The smallest absolute Gasteiger partial charge is 0.293 e. The fourth-order valence-corrected chi connectivity index (χ4v) is 3.13. The molecular formula is C18H21N3O5S. The lowest BCUT2D eigenvalue weighted by molar-refractivity contribution is -0.384. The summed E-state index contributed by atoms with van der Waals surface area (Å²) in [5.41, 5.74) is 2.27. The molecule has 0 aromatic heterocycles. The second kappa shape index (κ2) is 8.17. The maximum atomic E-state index is 12.2. The summed E-state index contributed by atoms with van der Waals surface area (Å²) in [6.45, 7) is 4.24. The van der Waals surface area contributed by atoms with Crippen molar-refractivity contribution in [2.45, 2.75) is 18.7 Å². The molecule has 2 aromatic carbocycles. The van der Waals surface area contributed by atoms with Crippen LogP contribution < -0.4 is 10.6 Å². The number of amides is 1. The first-order valence-corrected chi connectivity index (χ1v) is 10.1. The topological polar surface area (TPSA) is 118 Å². The highest BCUT2D eigenvalue weighted by atomic mass is 32.2. The molecule has 0 heterocycles. The summed E-state index contributed by atoms with van der Waals surface area (Å²) in [6.07, 6.45) is 0.988. The third-order valence-electron chi connectivity index (χ3n) is 3.96. The Morgan fingerprint density at radius 1 is 1.11 bits per heavy atom. The van der Waals surface area contributed by atoms with E-state index in [1.807, 2.05) is 26.0 Å². The van der Waals surface area contributed by atoms with Gasteiger partial charge in [-0.1, -0.05) is 17.7 Å². The van der Waals surface area contributed by atoms with Crippen LogP contribution in [0, 0.1) is 24.0 Å². The molecule has 0 unspecified atom stereocenters. The monoisotopic (exact) mass is 391 g/mol. The van der Waals surface area contributed by atoms with Crippen molar-refractivity contribution in [2.75, 3.05) is 24.7 Å². The number of nitro benzene ring substituents is 1. The normalized spacial score (nSPS) is 11.1. The molecule has 0 saturated heterocycles. The fraction of sp³-hybridized carbons (Fsp3) is 0.278. The molecule has 2 aromatic rings. The minimum Gasteiger partial charge on any atom is -0.378 e. The number of carbonyl (C=O) groups is 1. The molecule has 2 N–H and O–H groups in total. The summed E-state index contributed by atoms with van der Waals surface area (Å²) in [5, 5.41) is 16.8. The number of aryl methyl sites for hydroxylation is 2. The van der Waals surface area contributed by atoms with E-state index < -0.39 is 14.8 Å². The van der Waals surface area contributed by atoms with Gasteiger partial charge in [-0.3, -0.25) is 14.9 Å². The Kier molecular flexibility index (Phi) is 6.17. The Labute approximate surface area is 157 Å². The van der Waals surface area contributed by atoms with Gasteiger partial charge in [-0.2, -0.15) is 0 Å². The van der Waals surface area contributed by atoms with Crippen LogP contribution in [0.4, 0.5) is 11.4 Å². The van der Waals surface area contributed by atoms with Crippen LogP contribution in [-0.4, -0.2) is 38.6 Å². The summed E-state index contributed by atoms with van der Waals surface area (Å²) in [4.78, 5) is 22.7. The number of rotatable bonds is 7. The molecule has 8 nitrogen and oxygen atoms in total. The van der Waals surface area contributed by atoms with Crippen molar-refractivity contribution in [1.82, 2.24) is 5.32 Å². The average Bonchev–Trinajstić information content (AvgIpc) is 2.59. The van der Waals surface area contributed by atoms with Crippen LogP contribution in [0.5, 0.6) is 0 Å². The Morgan fingerprint density at radius 3 is 2.44 bits per heavy atom. The number of benzene rings is 2. The molecule has 0 fully saturated rings. The highest BCUT2D eigenvalue weighted by Gasteiger charge is 2.18. The SMILES string of the molecule is Cc1ccc(C)c(C(=O)NCCNc2ccc(S(C)(=O)=O)cc2[N+](=O)[O-])c1. The predicted molar refractivity (Wildman–Crippen MR) is 103 cm³/mol. The number of hydrogen-bond donors (Lipinski definition) is 2. The van der Waals surface area contributed by atoms with Gasteiger partial charge < -0.3 is 10.6 Å². The Morgan fingerprint density at radius 2 is 1.81 bits per heavy atom. The molecule has 0 atom stereocenters. The molecule has 0 aliphatic carbocycles. The summed E-state index contributed by atoms with van der Waals surface area (Å²) >= 11 is 0. The van der Waals surface area contributed by atoms with E-state index in [-0.39, 0.29) is 35.3 Å². The highest BCUT2D eigenvalue weighted by Crippen LogP contribution is 2.27. The van der Waals surface area contributed by atoms with Gasteiger partial charge in [-0.05, 0) is 37.6 Å². The molecule has 0 spiro atoms. The number of carbonyl (C=O) groups excluding carboxylic acids is 1. The fourth-order valence-electron chi connectivity index (χ4n) is 2.49. The summed E-state index contributed by atoms with van der Waals surface area (Å²) in [5.74, 6) is -0.222. The first-order chi connectivity index (χ1) is 12.6. The Bertz CT molecular complexity index is 986. The molecule has 0 bridgehead atoms. The standard InChI is InChI=1S/C18H21N3O5S/c1-12-4-5-13(2)15(10-12)18(22)20-9-8-19-16-7-6-14(27(3,25)26)11-17(16)21(23)24/h4-7,10-11,19H,8-9H2,1-3H3,(H,20,22). The largest absolute Gasteiger partial charge is 0.378 e. The van der Waals surface area contributed by atoms with Gasteiger partial charge in [0.05, 0.1) is 9.82 Å². The minimum atomic E-state index is -3.54. The van der Waals surface area contributed by atoms with Crippen LogP contribution in [0.2, 0.25) is 0 Å². The minimum absolute atomic E-state index is 0.122. The zero-order valence-electron chi connectivity index (χ0n) is 15.3. The lowest BCUT2D eigenvalue weighted by atomic mass is 10.1.